The standard InChI is InChI=1S/C24H31FN8O2/c1-13-6-7-15(10-32(13)18-11-31(29-14(18)2)12-24(3,4)34)21-28-22-17-8-16(25)9-19(35-5)20(17)27-23(26)33(22)30-21/h8-9,11,13,15,34H,6-7,10,12H2,1-5H3,(H2,26,27)/t13-,15-/m1/s1. The van der Waals surface area contributed by atoms with E-state index in [9.17, 15) is 9.50 Å². The van der Waals surface area contributed by atoms with Crippen LogP contribution in [0.4, 0.5) is 16.0 Å². The van der Waals surface area contributed by atoms with Crippen molar-refractivity contribution in [3.8, 4) is 5.75 Å². The average Bonchev–Trinajstić information content (AvgIpc) is 3.37. The van der Waals surface area contributed by atoms with Crippen molar-refractivity contribution in [3.63, 3.8) is 0 Å². The Bertz CT molecular complexity index is 1410. The van der Waals surface area contributed by atoms with Gasteiger partial charge >= 0.3 is 0 Å². The van der Waals surface area contributed by atoms with E-state index in [2.05, 4.69) is 27.0 Å². The normalized spacial score (nSPS) is 19.1. The molecule has 0 radical (unpaired) electrons. The van der Waals surface area contributed by atoms with Crippen LogP contribution >= 0.6 is 0 Å². The number of nitrogens with two attached hydrogens (primary N) is 1. The van der Waals surface area contributed by atoms with Gasteiger partial charge in [-0.25, -0.2) is 14.4 Å². The molecule has 186 valence electrons. The van der Waals surface area contributed by atoms with Crippen LogP contribution in [-0.4, -0.2) is 59.8 Å². The average molecular weight is 483 g/mol. The number of halogens is 1. The molecule has 3 aromatic heterocycles. The first-order valence-electron chi connectivity index (χ1n) is 11.8. The third-order valence-corrected chi connectivity index (χ3v) is 6.59. The van der Waals surface area contributed by atoms with Gasteiger partial charge < -0.3 is 20.5 Å². The van der Waals surface area contributed by atoms with Gasteiger partial charge in [-0.05, 0) is 46.6 Å². The molecule has 0 aliphatic carbocycles. The Morgan fingerprint density at radius 1 is 1.23 bits per heavy atom. The Hall–Kier alpha value is -3.47. The number of rotatable bonds is 5. The summed E-state index contributed by atoms with van der Waals surface area (Å²) in [7, 11) is 1.47. The van der Waals surface area contributed by atoms with E-state index in [-0.39, 0.29) is 11.9 Å². The Kier molecular flexibility index (Phi) is 5.54. The summed E-state index contributed by atoms with van der Waals surface area (Å²) < 4.78 is 22.9. The molecular formula is C24H31FN8O2. The lowest BCUT2D eigenvalue weighted by atomic mass is 9.92. The van der Waals surface area contributed by atoms with Crippen LogP contribution in [0, 0.1) is 12.7 Å². The zero-order chi connectivity index (χ0) is 25.1. The topological polar surface area (TPSA) is 120 Å². The molecule has 4 aromatic rings. The highest BCUT2D eigenvalue weighted by Gasteiger charge is 2.32. The van der Waals surface area contributed by atoms with Gasteiger partial charge in [0.05, 0.1) is 36.0 Å². The first kappa shape index (κ1) is 23.3. The fourth-order valence-corrected chi connectivity index (χ4v) is 4.93. The van der Waals surface area contributed by atoms with Crippen molar-refractivity contribution in [1.82, 2.24) is 29.4 Å². The number of aromatic nitrogens is 6. The van der Waals surface area contributed by atoms with E-state index in [4.69, 9.17) is 15.5 Å². The number of nitrogen functional groups attached to an aromatic ring is 1. The van der Waals surface area contributed by atoms with Crippen LogP contribution in [0.3, 0.4) is 0 Å². The first-order chi connectivity index (χ1) is 16.5. The van der Waals surface area contributed by atoms with Crippen LogP contribution in [0.25, 0.3) is 16.6 Å². The third-order valence-electron chi connectivity index (χ3n) is 6.59. The number of aryl methyl sites for hydroxylation is 1. The molecule has 0 spiro atoms. The van der Waals surface area contributed by atoms with Crippen molar-refractivity contribution in [2.45, 2.75) is 64.6 Å². The second-order valence-electron chi connectivity index (χ2n) is 10.1. The fraction of sp³-hybridized carbons (Fsp3) is 0.500. The molecule has 35 heavy (non-hydrogen) atoms. The number of fused-ring (bicyclic) bond motifs is 3. The molecule has 0 bridgehead atoms. The van der Waals surface area contributed by atoms with Gasteiger partial charge in [-0.15, -0.1) is 5.10 Å². The first-order valence-corrected chi connectivity index (χ1v) is 11.8. The van der Waals surface area contributed by atoms with E-state index in [1.807, 2.05) is 13.1 Å². The number of aliphatic hydroxyl groups is 1. The molecule has 0 saturated carbocycles. The number of nitrogens with zero attached hydrogens (tertiary/aromatic N) is 7. The minimum atomic E-state index is -0.856. The zero-order valence-electron chi connectivity index (χ0n) is 20.7. The van der Waals surface area contributed by atoms with Crippen molar-refractivity contribution < 1.29 is 14.2 Å². The molecule has 11 heteroatoms. The highest BCUT2D eigenvalue weighted by atomic mass is 19.1. The molecule has 0 amide bonds. The Balaban J connectivity index is 1.51. The van der Waals surface area contributed by atoms with Gasteiger partial charge in [-0.3, -0.25) is 4.68 Å². The molecule has 3 N–H and O–H groups in total. The minimum absolute atomic E-state index is 0.0491. The van der Waals surface area contributed by atoms with Crippen molar-refractivity contribution in [2.24, 2.45) is 0 Å². The minimum Gasteiger partial charge on any atom is -0.494 e. The van der Waals surface area contributed by atoms with Crippen molar-refractivity contribution >= 4 is 28.2 Å². The molecule has 0 unspecified atom stereocenters. The monoisotopic (exact) mass is 482 g/mol. The maximum Gasteiger partial charge on any atom is 0.223 e. The number of benzene rings is 1. The zero-order valence-corrected chi connectivity index (χ0v) is 20.7. The van der Waals surface area contributed by atoms with Gasteiger partial charge in [0, 0.05) is 30.8 Å². The van der Waals surface area contributed by atoms with Gasteiger partial charge in [0.1, 0.15) is 17.1 Å². The van der Waals surface area contributed by atoms with Crippen LogP contribution < -0.4 is 15.4 Å². The number of piperidine rings is 1. The molecule has 10 nitrogen and oxygen atoms in total. The molecule has 1 aromatic carbocycles. The smallest absolute Gasteiger partial charge is 0.223 e. The lowest BCUT2D eigenvalue weighted by Crippen LogP contribution is -2.41. The second kappa shape index (κ2) is 8.33. The summed E-state index contributed by atoms with van der Waals surface area (Å²) in [6, 6.07) is 2.98. The van der Waals surface area contributed by atoms with E-state index in [0.717, 1.165) is 24.2 Å². The number of hydrogen-bond acceptors (Lipinski definition) is 8. The fourth-order valence-electron chi connectivity index (χ4n) is 4.93. The third kappa shape index (κ3) is 4.24. The van der Waals surface area contributed by atoms with Gasteiger partial charge in [-0.1, -0.05) is 0 Å². The lowest BCUT2D eigenvalue weighted by molar-refractivity contribution is 0.0577. The summed E-state index contributed by atoms with van der Waals surface area (Å²) >= 11 is 0. The number of anilines is 2. The predicted octanol–water partition coefficient (Wildman–Crippen LogP) is 3.06. The summed E-state index contributed by atoms with van der Waals surface area (Å²) in [5.41, 5.74) is 8.20. The molecule has 2 atom stereocenters. The predicted molar refractivity (Wildman–Crippen MR) is 131 cm³/mol. The molecule has 1 fully saturated rings. The number of methoxy groups -OCH3 is 1. The molecule has 5 rings (SSSR count). The lowest BCUT2D eigenvalue weighted by Gasteiger charge is -2.38. The van der Waals surface area contributed by atoms with Crippen LogP contribution in [-0.2, 0) is 6.54 Å². The van der Waals surface area contributed by atoms with E-state index in [1.54, 1.807) is 18.5 Å². The molecule has 4 heterocycles. The molecule has 1 saturated heterocycles. The maximum atomic E-state index is 14.3. The van der Waals surface area contributed by atoms with Gasteiger partial charge in [0.2, 0.25) is 5.95 Å². The highest BCUT2D eigenvalue weighted by Crippen LogP contribution is 2.35. The molecule has 1 aliphatic rings. The van der Waals surface area contributed by atoms with Crippen LogP contribution in [0.15, 0.2) is 18.3 Å². The van der Waals surface area contributed by atoms with Gasteiger partial charge in [0.25, 0.3) is 0 Å². The largest absolute Gasteiger partial charge is 0.494 e. The summed E-state index contributed by atoms with van der Waals surface area (Å²) in [5.74, 6) is 0.722. The summed E-state index contributed by atoms with van der Waals surface area (Å²) in [4.78, 5) is 11.5. The van der Waals surface area contributed by atoms with Crippen molar-refractivity contribution in [1.29, 1.82) is 0 Å². The van der Waals surface area contributed by atoms with Gasteiger partial charge in [-0.2, -0.15) is 9.61 Å². The molecular weight excluding hydrogens is 451 g/mol. The Labute approximate surface area is 202 Å². The van der Waals surface area contributed by atoms with Crippen LogP contribution in [0.1, 0.15) is 51.0 Å². The van der Waals surface area contributed by atoms with E-state index < -0.39 is 11.4 Å². The van der Waals surface area contributed by atoms with Gasteiger partial charge in [0.15, 0.2) is 11.5 Å². The highest BCUT2D eigenvalue weighted by molar-refractivity contribution is 5.95. The van der Waals surface area contributed by atoms with Crippen LogP contribution in [0.2, 0.25) is 0 Å². The quantitative estimate of drug-likeness (QED) is 0.445. The van der Waals surface area contributed by atoms with E-state index in [1.165, 1.54) is 23.8 Å². The van der Waals surface area contributed by atoms with Crippen LogP contribution in [0.5, 0.6) is 5.75 Å². The second-order valence-corrected chi connectivity index (χ2v) is 10.1. The van der Waals surface area contributed by atoms with Crippen molar-refractivity contribution in [3.05, 3.63) is 35.7 Å². The number of hydrogen-bond donors (Lipinski definition) is 2. The summed E-state index contributed by atoms with van der Waals surface area (Å²) in [5, 5.41) is 20.0. The number of ether oxygens (including phenoxy) is 1. The molecule has 1 aliphatic heterocycles. The summed E-state index contributed by atoms with van der Waals surface area (Å²) in [6.45, 7) is 8.83. The Morgan fingerprint density at radius 2 is 2.00 bits per heavy atom. The Morgan fingerprint density at radius 3 is 2.71 bits per heavy atom. The SMILES string of the molecule is COc1cc(F)cc2c1nc(N)n1nc([C@@H]3CC[C@@H](C)N(c4cn(CC(C)(C)O)nc4C)C3)nc21. The van der Waals surface area contributed by atoms with Crippen molar-refractivity contribution in [2.75, 3.05) is 24.3 Å². The summed E-state index contributed by atoms with van der Waals surface area (Å²) in [6.07, 6.45) is 3.86. The van der Waals surface area contributed by atoms with E-state index in [0.29, 0.717) is 47.3 Å². The maximum absolute atomic E-state index is 14.3. The van der Waals surface area contributed by atoms with E-state index >= 15 is 0 Å².